The zero-order valence-electron chi connectivity index (χ0n) is 19.4. The van der Waals surface area contributed by atoms with E-state index in [4.69, 9.17) is 151 Å². The SMILES string of the molecule is CN1CCc2nc(C(=O)O)sc2C1.FF.FF.FF.FF.FF.FF.FF.FF.FF.FF.FF.FF.FF.FF.FF.FF. The quantitative estimate of drug-likeness (QED) is 0.287. The van der Waals surface area contributed by atoms with Crippen molar-refractivity contribution in [2.45, 2.75) is 13.0 Å². The molecule has 294 valence electrons. The van der Waals surface area contributed by atoms with E-state index in [1.807, 2.05) is 7.05 Å². The molecule has 0 saturated carbocycles. The summed E-state index contributed by atoms with van der Waals surface area (Å²) in [5.41, 5.74) is 0.973. The summed E-state index contributed by atoms with van der Waals surface area (Å²) < 4.78 is 256. The molecule has 1 aliphatic rings. The number of nitrogens with zero attached hydrogens (tertiary/aromatic N) is 2. The Hall–Kier alpha value is -3.18. The number of carbonyl (C=O) groups is 1. The Bertz CT molecular complexity index is 387. The van der Waals surface area contributed by atoms with Gasteiger partial charge in [0.2, 0.25) is 5.01 Å². The lowest BCUT2D eigenvalue weighted by Gasteiger charge is -2.20. The summed E-state index contributed by atoms with van der Waals surface area (Å²) in [6.07, 6.45) is 0.871. The van der Waals surface area contributed by atoms with E-state index < -0.39 is 5.97 Å². The second kappa shape index (κ2) is 229. The maximum absolute atomic E-state index is 10.6. The van der Waals surface area contributed by atoms with Crippen molar-refractivity contribution in [3.8, 4) is 0 Å². The Morgan fingerprint density at radius 2 is 0.756 bits per heavy atom. The van der Waals surface area contributed by atoms with Crippen molar-refractivity contribution in [1.29, 1.82) is 0 Å². The van der Waals surface area contributed by atoms with E-state index in [-0.39, 0.29) is 5.01 Å². The number of aromatic nitrogens is 1. The molecule has 0 aliphatic carbocycles. The van der Waals surface area contributed by atoms with Crippen molar-refractivity contribution in [3.63, 3.8) is 0 Å². The molecule has 0 fully saturated rings. The topological polar surface area (TPSA) is 53.4 Å². The third kappa shape index (κ3) is 129. The van der Waals surface area contributed by atoms with Gasteiger partial charge in [0.25, 0.3) is 0 Å². The first-order valence-electron chi connectivity index (χ1n) is 6.36. The van der Waals surface area contributed by atoms with E-state index in [2.05, 4.69) is 9.88 Å². The lowest BCUT2D eigenvalue weighted by atomic mass is 10.2. The molecule has 0 aromatic carbocycles. The minimum Gasteiger partial charge on any atom is -0.476 e. The van der Waals surface area contributed by atoms with Crippen LogP contribution in [0.15, 0.2) is 0 Å². The highest BCUT2D eigenvalue weighted by atomic mass is 32.1. The number of carboxylic acid groups (broad SMARTS) is 1. The van der Waals surface area contributed by atoms with Gasteiger partial charge in [-0.1, -0.05) is 0 Å². The fourth-order valence-corrected chi connectivity index (χ4v) is 2.44. The van der Waals surface area contributed by atoms with Crippen LogP contribution in [0.2, 0.25) is 0 Å². The van der Waals surface area contributed by atoms with Crippen molar-refractivity contribution in [2.75, 3.05) is 13.6 Å². The number of hydrogen-bond acceptors (Lipinski definition) is 4. The van der Waals surface area contributed by atoms with Crippen LogP contribution in [0.25, 0.3) is 0 Å². The summed E-state index contributed by atoms with van der Waals surface area (Å²) in [7, 11) is 2.03. The van der Waals surface area contributed by atoms with Crippen LogP contribution in [-0.2, 0) is 13.0 Å². The Kier molecular flexibility index (Phi) is 493. The zero-order valence-corrected chi connectivity index (χ0v) is 20.2. The molecule has 1 aromatic rings. The monoisotopic (exact) mass is 806 g/mol. The first kappa shape index (κ1) is 96.9. The lowest BCUT2D eigenvalue weighted by molar-refractivity contribution is 0.0696. The van der Waals surface area contributed by atoms with Gasteiger partial charge in [-0.15, -0.1) is 11.3 Å². The van der Waals surface area contributed by atoms with Gasteiger partial charge < -0.3 is 10.0 Å². The fraction of sp³-hybridized carbons (Fsp3) is 0.500. The summed E-state index contributed by atoms with van der Waals surface area (Å²) in [5, 5.41) is 8.96. The molecule has 37 heteroatoms. The fourth-order valence-electron chi connectivity index (χ4n) is 1.41. The lowest BCUT2D eigenvalue weighted by Crippen LogP contribution is -2.25. The Balaban J connectivity index is -0.0000000187. The molecule has 0 saturated heterocycles. The van der Waals surface area contributed by atoms with E-state index in [1.54, 1.807) is 0 Å². The second-order valence-electron chi connectivity index (χ2n) is 3.18. The first-order valence-corrected chi connectivity index (χ1v) is 7.17. The Labute approximate surface area is 227 Å². The minimum absolute atomic E-state index is 0.223. The Morgan fingerprint density at radius 1 is 0.533 bits per heavy atom. The van der Waals surface area contributed by atoms with Gasteiger partial charge in [0.05, 0.1) is 5.69 Å². The highest BCUT2D eigenvalue weighted by Crippen LogP contribution is 2.24. The largest absolute Gasteiger partial charge is 0.476 e. The van der Waals surface area contributed by atoms with Gasteiger partial charge in [0, 0.05) is 171 Å². The van der Waals surface area contributed by atoms with Gasteiger partial charge >= 0.3 is 5.97 Å². The average Bonchev–Trinajstić information content (AvgIpc) is 3.65. The van der Waals surface area contributed by atoms with Gasteiger partial charge in [0.1, 0.15) is 0 Å². The molecule has 4 nitrogen and oxygen atoms in total. The molecule has 2 heterocycles. The van der Waals surface area contributed by atoms with E-state index in [9.17, 15) is 4.79 Å². The van der Waals surface area contributed by atoms with Gasteiger partial charge in [-0.2, -0.15) is 0 Å². The summed E-state index contributed by atoms with van der Waals surface area (Å²) in [6.45, 7) is 1.80. The van der Waals surface area contributed by atoms with E-state index >= 15 is 0 Å². The maximum Gasteiger partial charge on any atom is 0.365 e. The van der Waals surface area contributed by atoms with E-state index in [0.717, 1.165) is 30.1 Å². The molecule has 0 spiro atoms. The summed E-state index contributed by atoms with van der Waals surface area (Å²) in [4.78, 5) is 18.0. The number of hydrogen-bond donors (Lipinski definition) is 1. The number of carboxylic acids is 1. The molecule has 0 amide bonds. The minimum atomic E-state index is -0.915. The van der Waals surface area contributed by atoms with E-state index in [1.165, 1.54) is 11.3 Å². The number of fused-ring (bicyclic) bond motifs is 1. The van der Waals surface area contributed by atoms with Gasteiger partial charge in [-0.25, -0.2) is 9.78 Å². The molecule has 45 heavy (non-hydrogen) atoms. The second-order valence-corrected chi connectivity index (χ2v) is 4.27. The highest BCUT2D eigenvalue weighted by Gasteiger charge is 2.20. The predicted octanol–water partition coefficient (Wildman–Crippen LogP) is 14.3. The third-order valence-corrected chi connectivity index (χ3v) is 3.18. The smallest absolute Gasteiger partial charge is 0.365 e. The van der Waals surface area contributed by atoms with Crippen LogP contribution >= 0.6 is 11.3 Å². The molecule has 0 atom stereocenters. The van der Waals surface area contributed by atoms with Crippen LogP contribution in [0.5, 0.6) is 0 Å². The van der Waals surface area contributed by atoms with Crippen LogP contribution in [-0.4, -0.2) is 34.6 Å². The molecule has 0 unspecified atom stereocenters. The summed E-state index contributed by atoms with van der Waals surface area (Å²) in [6, 6.07) is 0. The predicted molar refractivity (Wildman–Crippen MR) is 84.6 cm³/mol. The van der Waals surface area contributed by atoms with Crippen molar-refractivity contribution in [1.82, 2.24) is 9.88 Å². The van der Waals surface area contributed by atoms with Crippen molar-refractivity contribution in [3.05, 3.63) is 15.6 Å². The van der Waals surface area contributed by atoms with Crippen LogP contribution < -0.4 is 0 Å². The number of thiazole rings is 1. The van der Waals surface area contributed by atoms with Crippen LogP contribution in [0.1, 0.15) is 20.4 Å². The van der Waals surface area contributed by atoms with Gasteiger partial charge in [0.15, 0.2) is 0 Å². The third-order valence-electron chi connectivity index (χ3n) is 2.11. The van der Waals surface area contributed by atoms with Crippen molar-refractivity contribution < 1.29 is 156 Å². The Morgan fingerprint density at radius 3 is 0.956 bits per heavy atom. The number of rotatable bonds is 1. The molecule has 1 N–H and O–H groups in total. The van der Waals surface area contributed by atoms with Gasteiger partial charge in [-0.3, -0.25) is 0 Å². The first-order chi connectivity index (χ1) is 22.2. The van der Waals surface area contributed by atoms with Crippen molar-refractivity contribution >= 4 is 17.3 Å². The van der Waals surface area contributed by atoms with Gasteiger partial charge in [-0.05, 0) is 7.05 Å². The average molecular weight is 806 g/mol. The molecule has 1 aromatic heterocycles. The standard InChI is InChI=1S/C8H10N2O2S.16F2/c1-10-3-2-5-6(4-10)13-7(9-5)8(11)12;16*1-2/h2-4H2,1H3,(H,11,12);;;;;;;;;;;;;;;;. The highest BCUT2D eigenvalue weighted by molar-refractivity contribution is 7.13. The summed E-state index contributed by atoms with van der Waals surface area (Å²) >= 11 is 1.29. The molecular formula is C8H10F32N2O2S. The summed E-state index contributed by atoms with van der Waals surface area (Å²) in [5.74, 6) is -0.915. The number of halogens is 32. The van der Waals surface area contributed by atoms with Crippen LogP contribution in [0.4, 0.5) is 146 Å². The molecular weight excluding hydrogens is 796 g/mol. The molecule has 2 rings (SSSR count). The normalized spacial score (nSPS) is 7.04. The van der Waals surface area contributed by atoms with Crippen LogP contribution in [0.3, 0.4) is 0 Å². The van der Waals surface area contributed by atoms with Crippen LogP contribution in [0, 0.1) is 0 Å². The molecule has 0 radical (unpaired) electrons. The molecule has 0 bridgehead atoms. The molecule has 1 aliphatic heterocycles. The van der Waals surface area contributed by atoms with E-state index in [0.29, 0.717) is 0 Å². The number of aromatic carboxylic acids is 1. The zero-order chi connectivity index (χ0) is 41.4. The van der Waals surface area contributed by atoms with Crippen molar-refractivity contribution in [2.24, 2.45) is 0 Å². The maximum atomic E-state index is 10.6. The number of likely N-dealkylation sites (N-methyl/N-ethyl adjacent to an activating group) is 1.